The van der Waals surface area contributed by atoms with Gasteiger partial charge in [0.05, 0.1) is 43.5 Å². The number of hydrogen-bond acceptors (Lipinski definition) is 6. The van der Waals surface area contributed by atoms with Crippen LogP contribution in [-0.4, -0.2) is 229 Å². The lowest BCUT2D eigenvalue weighted by atomic mass is 9.36. The lowest BCUT2D eigenvalue weighted by molar-refractivity contribution is -0.641. The van der Waals surface area contributed by atoms with Crippen LogP contribution in [0.15, 0.2) is 0 Å². The number of hydrogen-bond donors (Lipinski definition) is 3. The highest BCUT2D eigenvalue weighted by molar-refractivity contribution is 5.57. The maximum absolute atomic E-state index is 16.3. The van der Waals surface area contributed by atoms with E-state index in [1.165, 1.54) is 0 Å². The topological polar surface area (TPSA) is 88.4 Å². The van der Waals surface area contributed by atoms with Crippen LogP contribution in [-0.2, 0) is 14.2 Å². The lowest BCUT2D eigenvalue weighted by Crippen LogP contribution is -3.09. The first-order chi connectivity index (χ1) is 42.7. The number of aliphatic hydroxyl groups excluding tert-OH is 3. The molecule has 12 bridgehead atoms. The Kier molecular flexibility index (Phi) is 14.0. The van der Waals surface area contributed by atoms with Crippen LogP contribution >= 0.6 is 0 Å². The molecule has 12 fully saturated rings. The van der Waals surface area contributed by atoms with E-state index in [1.807, 2.05) is 0 Å². The molecule has 0 heterocycles. The third kappa shape index (κ3) is 5.37. The summed E-state index contributed by atoms with van der Waals surface area (Å²) in [5, 5.41) is 32.9. The van der Waals surface area contributed by atoms with Gasteiger partial charge in [-0.05, 0) is 6.42 Å². The van der Waals surface area contributed by atoms with E-state index in [2.05, 4.69) is 14.2 Å². The summed E-state index contributed by atoms with van der Waals surface area (Å²) in [5.41, 5.74) is -118. The second kappa shape index (κ2) is 17.5. The van der Waals surface area contributed by atoms with Crippen LogP contribution in [0, 0.1) is 21.7 Å². The fourth-order valence-corrected chi connectivity index (χ4v) is 15.9. The van der Waals surface area contributed by atoms with Crippen molar-refractivity contribution in [2.24, 2.45) is 21.7 Å². The summed E-state index contributed by atoms with van der Waals surface area (Å²) in [7, 11) is 0. The molecule has 0 radical (unpaired) electrons. The molecule has 12 rings (SSSR count). The minimum absolute atomic E-state index is 0.763. The van der Waals surface area contributed by atoms with Crippen molar-refractivity contribution in [3.05, 3.63) is 0 Å². The molecule has 12 aliphatic carbocycles. The Morgan fingerprint density at radius 2 is 0.313 bits per heavy atom. The van der Waals surface area contributed by atoms with Crippen molar-refractivity contribution < 1.29 is 253 Å². The molecule has 12 aliphatic rings. The normalized spacial score (nSPS) is 47.3. The first kappa shape index (κ1) is 79.3. The average Bonchev–Trinajstić information content (AvgIpc) is 0.599. The Morgan fingerprint density at radius 3 is 0.404 bits per heavy atom. The highest BCUT2D eigenvalue weighted by Crippen LogP contribution is 2.97. The summed E-state index contributed by atoms with van der Waals surface area (Å²) >= 11 is 0. The molecule has 3 unspecified atom stereocenters. The monoisotopic (exact) mass is 1590 g/mol. The van der Waals surface area contributed by atoms with Crippen molar-refractivity contribution in [2.45, 2.75) is 208 Å². The molecule has 0 aliphatic heterocycles. The van der Waals surface area contributed by atoms with E-state index in [0.717, 1.165) is 0 Å². The standard InChI is InChI=1S/C42H17F51O6/c1-2-9(6(94)3-97-40(88,89)10-22(52,53)13(43)31(70,71)14(44,23(10,54)55)33(74,75)15(45,24(10,56)57)32(13,72)73,7(95)4-98-41(90,91)11-25(58,59)16(46)34(76,77)17(47,26(11,60)61)36(80,81)18(48,27(11,62)63)35(16,78)79)8(96)5-99-42(92,93)12-28(64,65)19(49)37(82,83)20(50,29(12,66)67)39(86,87)21(51,30(12,68)69)38(19,84)85/h6-8,94-96H,2-5H2,1H3. The van der Waals surface area contributed by atoms with Gasteiger partial charge in [-0.3, -0.25) is 0 Å². The first-order valence-electron chi connectivity index (χ1n) is 24.8. The predicted molar refractivity (Wildman–Crippen MR) is 194 cm³/mol. The third-order valence-corrected chi connectivity index (χ3v) is 21.0. The smallest absolute Gasteiger partial charge is 0.379 e. The molecule has 6 nitrogen and oxygen atoms in total. The molecule has 0 amide bonds. The SMILES string of the molecule is CCC(C(O)COC(F)(F)C12C(F)(F)C3(F)C(F)(F)C(F)(C(F)(F)C(F)(C3(F)F)C1(F)F)C2(F)F)(C(O)COC(F)(F)C12C(F)(F)C3(F)C(F)(F)C(F)(C(F)(F)C(F)(C3(F)F)C1(F)F)C2(F)F)C(O)COC(F)(F)C12C(F)(F)C3(F)C(F)(F)C(F)(C(F)(F)C(F)(C3(F)F)C1(F)F)C2(F)F. The van der Waals surface area contributed by atoms with Gasteiger partial charge >= 0.3 is 176 Å². The zero-order valence-electron chi connectivity index (χ0n) is 44.4. The van der Waals surface area contributed by atoms with E-state index in [9.17, 15) is 15.3 Å². The minimum atomic E-state index is -9.54. The molecular formula is C42H17F51O6. The Hall–Kier alpha value is -3.81. The van der Waals surface area contributed by atoms with E-state index in [-0.39, 0.29) is 0 Å². The van der Waals surface area contributed by atoms with Gasteiger partial charge in [0, 0.05) is 0 Å². The summed E-state index contributed by atoms with van der Waals surface area (Å²) in [6.45, 7) is -14.8. The van der Waals surface area contributed by atoms with Gasteiger partial charge in [0.2, 0.25) is 0 Å². The number of halogens is 51. The molecular weight excluding hydrogens is 1570 g/mol. The van der Waals surface area contributed by atoms with Gasteiger partial charge in [0.25, 0.3) is 16.2 Å². The van der Waals surface area contributed by atoms with Gasteiger partial charge in [0.1, 0.15) is 0 Å². The molecule has 57 heteroatoms. The van der Waals surface area contributed by atoms with Gasteiger partial charge in [-0.15, -0.1) is 0 Å². The zero-order valence-corrected chi connectivity index (χ0v) is 44.4. The largest absolute Gasteiger partial charge is 0.390 e. The van der Waals surface area contributed by atoms with Crippen LogP contribution < -0.4 is 0 Å². The summed E-state index contributed by atoms with van der Waals surface area (Å²) in [4.78, 5) is 0. The highest BCUT2D eigenvalue weighted by atomic mass is 19.4. The van der Waals surface area contributed by atoms with Crippen LogP contribution in [0.25, 0.3) is 0 Å². The van der Waals surface area contributed by atoms with Crippen molar-refractivity contribution in [3.8, 4) is 0 Å². The van der Waals surface area contributed by atoms with Crippen LogP contribution in [0.5, 0.6) is 0 Å². The summed E-state index contributed by atoms with van der Waals surface area (Å²) in [6, 6.07) is 0. The summed E-state index contributed by atoms with van der Waals surface area (Å²) in [6.07, 6.45) is -47.6. The molecule has 0 spiro atoms. The molecule has 99 heavy (non-hydrogen) atoms. The number of alkyl halides is 51. The fraction of sp³-hybridized carbons (Fsp3) is 1.00. The van der Waals surface area contributed by atoms with Crippen LogP contribution in [0.1, 0.15) is 13.3 Å². The average molecular weight is 1590 g/mol. The minimum Gasteiger partial charge on any atom is -0.390 e. The van der Waals surface area contributed by atoms with Crippen molar-refractivity contribution in [1.82, 2.24) is 0 Å². The van der Waals surface area contributed by atoms with E-state index >= 15 is 224 Å². The van der Waals surface area contributed by atoms with Gasteiger partial charge in [-0.2, -0.15) is 105 Å². The number of rotatable bonds is 16. The zero-order chi connectivity index (χ0) is 78.7. The van der Waals surface area contributed by atoms with Gasteiger partial charge in [-0.25, -0.2) is 119 Å². The second-order valence-electron chi connectivity index (χ2n) is 24.0. The Balaban J connectivity index is 1.24. The molecule has 0 saturated heterocycles. The van der Waals surface area contributed by atoms with E-state index in [1.54, 1.807) is 0 Å². The summed E-state index contributed by atoms with van der Waals surface area (Å²) in [5.74, 6) is -168. The lowest BCUT2D eigenvalue weighted by Gasteiger charge is -2.75. The van der Waals surface area contributed by atoms with Crippen LogP contribution in [0.4, 0.5) is 224 Å². The second-order valence-corrected chi connectivity index (χ2v) is 24.0. The van der Waals surface area contributed by atoms with Crippen molar-refractivity contribution in [1.29, 1.82) is 0 Å². The van der Waals surface area contributed by atoms with Crippen molar-refractivity contribution in [3.63, 3.8) is 0 Å². The Morgan fingerprint density at radius 1 is 0.212 bits per heavy atom. The molecule has 3 N–H and O–H groups in total. The predicted octanol–water partition coefficient (Wildman–Crippen LogP) is 14.2. The molecule has 0 aromatic carbocycles. The highest BCUT2D eigenvalue weighted by Gasteiger charge is 3.29. The van der Waals surface area contributed by atoms with Gasteiger partial charge < -0.3 is 29.5 Å². The van der Waals surface area contributed by atoms with E-state index in [4.69, 9.17) is 0 Å². The Bertz CT molecular complexity index is 2760. The molecule has 12 saturated carbocycles. The third-order valence-electron chi connectivity index (χ3n) is 21.0. The van der Waals surface area contributed by atoms with Gasteiger partial charge in [0.15, 0.2) is 0 Å². The molecule has 0 aromatic heterocycles. The fourth-order valence-electron chi connectivity index (χ4n) is 15.9. The number of aliphatic hydroxyl groups is 3. The van der Waals surface area contributed by atoms with Crippen molar-refractivity contribution in [2.75, 3.05) is 19.8 Å². The molecule has 3 atom stereocenters. The van der Waals surface area contributed by atoms with Gasteiger partial charge in [-0.1, -0.05) is 6.92 Å². The quantitative estimate of drug-likeness (QED) is 0.134. The maximum Gasteiger partial charge on any atom is 0.379 e. The van der Waals surface area contributed by atoms with Crippen LogP contribution in [0.2, 0.25) is 0 Å². The first-order valence-corrected chi connectivity index (χ1v) is 24.8. The van der Waals surface area contributed by atoms with E-state index in [0.29, 0.717) is 0 Å². The van der Waals surface area contributed by atoms with Crippen LogP contribution in [0.3, 0.4) is 0 Å². The summed E-state index contributed by atoms with van der Waals surface area (Å²) < 4.78 is 806. The van der Waals surface area contributed by atoms with E-state index < -0.39 is 249 Å². The molecule has 0 aromatic rings. The molecule has 578 valence electrons. The van der Waals surface area contributed by atoms with Crippen molar-refractivity contribution >= 4 is 0 Å². The Labute approximate surface area is 503 Å². The number of ether oxygens (including phenoxy) is 3. The maximum atomic E-state index is 16.3.